The van der Waals surface area contributed by atoms with Gasteiger partial charge in [-0.3, -0.25) is 15.0 Å². The number of carbonyl (C=O) groups is 2. The number of esters is 1. The topological polar surface area (TPSA) is 111 Å². The van der Waals surface area contributed by atoms with E-state index in [4.69, 9.17) is 21.7 Å². The monoisotopic (exact) mass is 590 g/mol. The molecule has 1 aliphatic rings. The number of thiophene rings is 1. The molecule has 1 aliphatic heterocycles. The van der Waals surface area contributed by atoms with E-state index >= 15 is 0 Å². The van der Waals surface area contributed by atoms with Crippen LogP contribution in [0.15, 0.2) is 52.7 Å². The van der Waals surface area contributed by atoms with Crippen LogP contribution >= 0.6 is 22.9 Å². The Morgan fingerprint density at radius 3 is 2.49 bits per heavy atom. The summed E-state index contributed by atoms with van der Waals surface area (Å²) in [5.74, 6) is -0.476. The lowest BCUT2D eigenvalue weighted by Crippen LogP contribution is -2.57. The van der Waals surface area contributed by atoms with Gasteiger partial charge < -0.3 is 14.5 Å². The van der Waals surface area contributed by atoms with Crippen LogP contribution in [0.4, 0.5) is 0 Å². The Balaban J connectivity index is 1.55. The van der Waals surface area contributed by atoms with Gasteiger partial charge in [-0.05, 0) is 42.1 Å². The molecule has 2 heterocycles. The van der Waals surface area contributed by atoms with Crippen LogP contribution in [0.2, 0.25) is 5.02 Å². The van der Waals surface area contributed by atoms with Gasteiger partial charge in [-0.25, -0.2) is 8.42 Å². The van der Waals surface area contributed by atoms with E-state index in [1.54, 1.807) is 48.5 Å². The Morgan fingerprint density at radius 1 is 1.13 bits per heavy atom. The summed E-state index contributed by atoms with van der Waals surface area (Å²) in [6, 6.07) is 12.9. The summed E-state index contributed by atoms with van der Waals surface area (Å²) in [5, 5.41) is 9.65. The predicted molar refractivity (Wildman–Crippen MR) is 153 cm³/mol. The van der Waals surface area contributed by atoms with Crippen LogP contribution in [-0.2, 0) is 19.6 Å². The number of ether oxygens (including phenoxy) is 1. The number of nitrogens with zero attached hydrogens (tertiary/aromatic N) is 3. The van der Waals surface area contributed by atoms with Crippen molar-refractivity contribution in [3.8, 4) is 0 Å². The largest absolute Gasteiger partial charge is 0.469 e. The van der Waals surface area contributed by atoms with E-state index in [2.05, 4.69) is 0 Å². The Labute approximate surface area is 237 Å². The minimum atomic E-state index is -3.86. The highest BCUT2D eigenvalue weighted by Gasteiger charge is 2.38. The number of halogens is 1. The molecule has 0 radical (unpaired) electrons. The zero-order chi connectivity index (χ0) is 28.3. The average Bonchev–Trinajstić information content (AvgIpc) is 3.36. The Hall–Kier alpha value is -2.99. The first kappa shape index (κ1) is 29.0. The van der Waals surface area contributed by atoms with E-state index < -0.39 is 22.0 Å². The van der Waals surface area contributed by atoms with Crippen LogP contribution in [0.5, 0.6) is 0 Å². The van der Waals surface area contributed by atoms with Gasteiger partial charge in [0.15, 0.2) is 0 Å². The molecule has 1 saturated heterocycles. The first-order valence-electron chi connectivity index (χ1n) is 12.5. The van der Waals surface area contributed by atoms with Gasteiger partial charge in [0, 0.05) is 54.1 Å². The molecule has 3 aromatic rings. The molecule has 0 spiro atoms. The predicted octanol–water partition coefficient (Wildman–Crippen LogP) is 4.30. The lowest BCUT2D eigenvalue weighted by atomic mass is 10.1. The molecule has 1 fully saturated rings. The van der Waals surface area contributed by atoms with Gasteiger partial charge in [0.2, 0.25) is 0 Å². The molecule has 208 valence electrons. The minimum absolute atomic E-state index is 0.0390. The van der Waals surface area contributed by atoms with Crippen LogP contribution in [0.25, 0.3) is 10.1 Å². The number of hydrogen-bond acceptors (Lipinski definition) is 7. The smallest absolute Gasteiger partial charge is 0.307 e. The third kappa shape index (κ3) is 6.27. The van der Waals surface area contributed by atoms with Crippen LogP contribution in [-0.4, -0.2) is 86.6 Å². The van der Waals surface area contributed by atoms with Crippen molar-refractivity contribution >= 4 is 60.8 Å². The highest BCUT2D eigenvalue weighted by Crippen LogP contribution is 2.33. The number of methoxy groups -OCH3 is 1. The van der Waals surface area contributed by atoms with E-state index in [9.17, 15) is 18.0 Å². The molecular formula is C27H31ClN4O5S2. The third-order valence-electron chi connectivity index (χ3n) is 6.74. The number of fused-ring (bicyclic) bond motifs is 1. The lowest BCUT2D eigenvalue weighted by molar-refractivity contribution is -0.142. The first-order chi connectivity index (χ1) is 18.5. The maximum atomic E-state index is 13.6. The fourth-order valence-corrected chi connectivity index (χ4v) is 7.90. The molecule has 0 bridgehead atoms. The van der Waals surface area contributed by atoms with Crippen LogP contribution < -0.4 is 0 Å². The normalized spacial score (nSPS) is 16.3. The second kappa shape index (κ2) is 12.0. The summed E-state index contributed by atoms with van der Waals surface area (Å²) in [6.45, 7) is 2.96. The molecule has 4 rings (SSSR count). The number of sulfonamides is 1. The van der Waals surface area contributed by atoms with Gasteiger partial charge in [-0.1, -0.05) is 36.7 Å². The molecule has 1 N–H and O–H groups in total. The molecule has 12 heteroatoms. The number of amides is 1. The first-order valence-corrected chi connectivity index (χ1v) is 15.2. The zero-order valence-electron chi connectivity index (χ0n) is 22.0. The summed E-state index contributed by atoms with van der Waals surface area (Å²) < 4.78 is 34.2. The quantitative estimate of drug-likeness (QED) is 0.238. The van der Waals surface area contributed by atoms with E-state index in [1.165, 1.54) is 16.3 Å². The third-order valence-corrected chi connectivity index (χ3v) is 10.4. The second-order valence-electron chi connectivity index (χ2n) is 9.39. The highest BCUT2D eigenvalue weighted by molar-refractivity contribution is 7.91. The van der Waals surface area contributed by atoms with Crippen molar-refractivity contribution in [1.29, 1.82) is 5.41 Å². The molecule has 1 amide bonds. The van der Waals surface area contributed by atoms with Crippen LogP contribution in [0, 0.1) is 5.41 Å². The van der Waals surface area contributed by atoms with Crippen molar-refractivity contribution in [2.45, 2.75) is 30.0 Å². The highest BCUT2D eigenvalue weighted by atomic mass is 35.5. The number of amidine groups is 1. The van der Waals surface area contributed by atoms with Crippen LogP contribution in [0.1, 0.15) is 35.7 Å². The van der Waals surface area contributed by atoms with E-state index in [0.29, 0.717) is 22.0 Å². The molecule has 2 aromatic carbocycles. The molecule has 1 atom stereocenters. The van der Waals surface area contributed by atoms with E-state index in [-0.39, 0.29) is 36.2 Å². The Bertz CT molecular complexity index is 1490. The van der Waals surface area contributed by atoms with E-state index in [0.717, 1.165) is 34.4 Å². The fraction of sp³-hybridized carbons (Fsp3) is 0.370. The number of rotatable bonds is 8. The Morgan fingerprint density at radius 2 is 1.82 bits per heavy atom. The van der Waals surface area contributed by atoms with Crippen molar-refractivity contribution in [2.24, 2.45) is 0 Å². The van der Waals surface area contributed by atoms with Crippen molar-refractivity contribution in [3.63, 3.8) is 0 Å². The molecule has 0 saturated carbocycles. The molecular weight excluding hydrogens is 560 g/mol. The molecule has 9 nitrogen and oxygen atoms in total. The van der Waals surface area contributed by atoms with Crippen molar-refractivity contribution in [2.75, 3.05) is 40.3 Å². The van der Waals surface area contributed by atoms with Crippen molar-refractivity contribution < 1.29 is 22.7 Å². The van der Waals surface area contributed by atoms with Gasteiger partial charge in [-0.15, -0.1) is 11.3 Å². The van der Waals surface area contributed by atoms with Gasteiger partial charge >= 0.3 is 5.97 Å². The SMILES string of the molecule is CCCN(C)C(=N)c1ccc(C(=O)N2CCN(S(=O)(=O)c3cc4ccc(Cl)cc4s3)CC2CC(=O)OC)cc1. The molecule has 1 unspecified atom stereocenters. The fourth-order valence-electron chi connectivity index (χ4n) is 4.60. The number of benzene rings is 2. The maximum Gasteiger partial charge on any atom is 0.307 e. The second-order valence-corrected chi connectivity index (χ2v) is 13.1. The molecule has 1 aromatic heterocycles. The van der Waals surface area contributed by atoms with Gasteiger partial charge in [-0.2, -0.15) is 4.31 Å². The minimum Gasteiger partial charge on any atom is -0.469 e. The summed E-state index contributed by atoms with van der Waals surface area (Å²) in [6.07, 6.45) is 0.775. The average molecular weight is 591 g/mol. The molecule has 0 aliphatic carbocycles. The summed E-state index contributed by atoms with van der Waals surface area (Å²) in [4.78, 5) is 29.1. The van der Waals surface area contributed by atoms with Gasteiger partial charge in [0.05, 0.1) is 19.6 Å². The van der Waals surface area contributed by atoms with Gasteiger partial charge in [0.25, 0.3) is 15.9 Å². The van der Waals surface area contributed by atoms with Gasteiger partial charge in [0.1, 0.15) is 10.0 Å². The summed E-state index contributed by atoms with van der Waals surface area (Å²) in [5.41, 5.74) is 1.09. The summed E-state index contributed by atoms with van der Waals surface area (Å²) in [7, 11) is -0.751. The van der Waals surface area contributed by atoms with Crippen molar-refractivity contribution in [1.82, 2.24) is 14.1 Å². The molecule has 39 heavy (non-hydrogen) atoms. The van der Waals surface area contributed by atoms with E-state index in [1.807, 2.05) is 18.9 Å². The summed E-state index contributed by atoms with van der Waals surface area (Å²) >= 11 is 7.21. The maximum absolute atomic E-state index is 13.6. The van der Waals surface area contributed by atoms with Crippen molar-refractivity contribution in [3.05, 3.63) is 64.7 Å². The Kier molecular flexibility index (Phi) is 8.95. The number of carbonyl (C=O) groups excluding carboxylic acids is 2. The lowest BCUT2D eigenvalue weighted by Gasteiger charge is -2.40. The number of piperazine rings is 1. The number of nitrogens with one attached hydrogen (secondary N) is 1. The number of hydrogen-bond donors (Lipinski definition) is 1. The zero-order valence-corrected chi connectivity index (χ0v) is 24.4. The standard InChI is InChI=1S/C27H31ClN4O5S2/c1-4-11-30(2)26(29)18-5-7-19(8-6-18)27(34)32-13-12-31(17-22(32)16-24(33)37-3)39(35,36)25-14-20-9-10-21(28)15-23(20)38-25/h5-10,14-15,22,29H,4,11-13,16-17H2,1-3H3. The van der Waals surface area contributed by atoms with Crippen LogP contribution in [0.3, 0.4) is 0 Å².